The van der Waals surface area contributed by atoms with Crippen molar-refractivity contribution in [3.05, 3.63) is 38.9 Å². The maximum Gasteiger partial charge on any atom is 0.258 e. The molecule has 3 aromatic rings. The van der Waals surface area contributed by atoms with Crippen LogP contribution in [-0.2, 0) is 0 Å². The van der Waals surface area contributed by atoms with E-state index in [1.807, 2.05) is 48.6 Å². The van der Waals surface area contributed by atoms with Crippen LogP contribution in [0.25, 0.3) is 22.8 Å². The van der Waals surface area contributed by atoms with E-state index in [-0.39, 0.29) is 5.75 Å². The van der Waals surface area contributed by atoms with Crippen LogP contribution in [0.5, 0.6) is 17.2 Å². The van der Waals surface area contributed by atoms with Crippen LogP contribution >= 0.6 is 34.2 Å². The predicted octanol–water partition coefficient (Wildman–Crippen LogP) is 5.16. The first kappa shape index (κ1) is 18.8. The summed E-state index contributed by atoms with van der Waals surface area (Å²) in [7, 11) is 0. The molecule has 0 aliphatic rings. The normalized spacial score (nSPS) is 10.8. The lowest BCUT2D eigenvalue weighted by Crippen LogP contribution is -1.98. The SMILES string of the molecule is CCOc1ccc(-c2nc(-c3cc(I)c(O)cc3Cl)no2)cc1OCC. The van der Waals surface area contributed by atoms with Crippen LogP contribution in [0.15, 0.2) is 34.9 Å². The number of rotatable bonds is 6. The summed E-state index contributed by atoms with van der Waals surface area (Å²) in [6, 6.07) is 8.60. The zero-order valence-electron chi connectivity index (χ0n) is 14.1. The van der Waals surface area contributed by atoms with E-state index >= 15 is 0 Å². The van der Waals surface area contributed by atoms with Crippen molar-refractivity contribution in [2.24, 2.45) is 0 Å². The molecule has 0 unspecified atom stereocenters. The van der Waals surface area contributed by atoms with Gasteiger partial charge in [0.2, 0.25) is 5.82 Å². The molecule has 3 rings (SSSR count). The molecule has 0 amide bonds. The quantitative estimate of drug-likeness (QED) is 0.485. The van der Waals surface area contributed by atoms with E-state index in [4.69, 9.17) is 25.6 Å². The fraction of sp³-hybridized carbons (Fsp3) is 0.222. The maximum absolute atomic E-state index is 9.72. The Morgan fingerprint density at radius 2 is 1.85 bits per heavy atom. The number of benzene rings is 2. The minimum absolute atomic E-state index is 0.107. The van der Waals surface area contributed by atoms with Gasteiger partial charge in [0.25, 0.3) is 5.89 Å². The van der Waals surface area contributed by atoms with Gasteiger partial charge in [-0.2, -0.15) is 4.98 Å². The first-order valence-corrected chi connectivity index (χ1v) is 9.41. The minimum Gasteiger partial charge on any atom is -0.507 e. The topological polar surface area (TPSA) is 77.6 Å². The van der Waals surface area contributed by atoms with Crippen molar-refractivity contribution in [2.75, 3.05) is 13.2 Å². The van der Waals surface area contributed by atoms with Gasteiger partial charge in [-0.25, -0.2) is 0 Å². The predicted molar refractivity (Wildman–Crippen MR) is 107 cm³/mol. The molecule has 0 bridgehead atoms. The Morgan fingerprint density at radius 1 is 1.12 bits per heavy atom. The number of ether oxygens (including phenoxy) is 2. The van der Waals surface area contributed by atoms with E-state index in [1.54, 1.807) is 12.1 Å². The number of phenols is 1. The van der Waals surface area contributed by atoms with Crippen molar-refractivity contribution < 1.29 is 19.1 Å². The molecule has 6 nitrogen and oxygen atoms in total. The van der Waals surface area contributed by atoms with Gasteiger partial charge in [-0.3, -0.25) is 0 Å². The molecule has 1 heterocycles. The Balaban J connectivity index is 1.97. The molecule has 0 aliphatic heterocycles. The molecule has 136 valence electrons. The summed E-state index contributed by atoms with van der Waals surface area (Å²) in [5, 5.41) is 14.1. The molecule has 2 aromatic carbocycles. The summed E-state index contributed by atoms with van der Waals surface area (Å²) in [5.41, 5.74) is 1.29. The van der Waals surface area contributed by atoms with Crippen LogP contribution in [0.2, 0.25) is 5.02 Å². The molecule has 1 N–H and O–H groups in total. The van der Waals surface area contributed by atoms with Gasteiger partial charge in [0.1, 0.15) is 5.75 Å². The number of nitrogens with zero attached hydrogens (tertiary/aromatic N) is 2. The van der Waals surface area contributed by atoms with Gasteiger partial charge in [0, 0.05) is 17.2 Å². The summed E-state index contributed by atoms with van der Waals surface area (Å²) in [6.45, 7) is 4.88. The third kappa shape index (κ3) is 3.88. The third-order valence-electron chi connectivity index (χ3n) is 3.49. The molecule has 0 saturated carbocycles. The highest BCUT2D eigenvalue weighted by molar-refractivity contribution is 14.1. The van der Waals surface area contributed by atoms with Crippen LogP contribution in [0, 0.1) is 3.57 Å². The minimum atomic E-state index is 0.107. The molecule has 26 heavy (non-hydrogen) atoms. The molecule has 0 spiro atoms. The highest BCUT2D eigenvalue weighted by Crippen LogP contribution is 2.35. The molecular formula is C18H16ClIN2O4. The largest absolute Gasteiger partial charge is 0.507 e. The van der Waals surface area contributed by atoms with Crippen molar-refractivity contribution >= 4 is 34.2 Å². The second-order valence-corrected chi connectivity index (χ2v) is 6.80. The molecule has 0 saturated heterocycles. The Morgan fingerprint density at radius 3 is 2.58 bits per heavy atom. The van der Waals surface area contributed by atoms with Gasteiger partial charge in [-0.1, -0.05) is 16.8 Å². The summed E-state index contributed by atoms with van der Waals surface area (Å²) < 4.78 is 17.2. The van der Waals surface area contributed by atoms with Crippen molar-refractivity contribution in [1.29, 1.82) is 0 Å². The van der Waals surface area contributed by atoms with Crippen LogP contribution in [0.3, 0.4) is 0 Å². The Bertz CT molecular complexity index is 930. The van der Waals surface area contributed by atoms with Gasteiger partial charge >= 0.3 is 0 Å². The molecule has 8 heteroatoms. The number of aromatic hydroxyl groups is 1. The van der Waals surface area contributed by atoms with E-state index < -0.39 is 0 Å². The summed E-state index contributed by atoms with van der Waals surface area (Å²) in [5.74, 6) is 2.06. The zero-order chi connectivity index (χ0) is 18.7. The number of hydrogen-bond donors (Lipinski definition) is 1. The number of phenolic OH excluding ortho intramolecular Hbond substituents is 1. The number of halogens is 2. The molecule has 0 aliphatic carbocycles. The third-order valence-corrected chi connectivity index (χ3v) is 4.67. The zero-order valence-corrected chi connectivity index (χ0v) is 17.0. The molecule has 0 atom stereocenters. The van der Waals surface area contributed by atoms with E-state index in [0.29, 0.717) is 56.1 Å². The average molecular weight is 487 g/mol. The van der Waals surface area contributed by atoms with Gasteiger partial charge in [0.15, 0.2) is 11.5 Å². The fourth-order valence-electron chi connectivity index (χ4n) is 2.34. The van der Waals surface area contributed by atoms with Crippen LogP contribution in [-0.4, -0.2) is 28.5 Å². The second kappa shape index (κ2) is 8.13. The molecule has 1 aromatic heterocycles. The van der Waals surface area contributed by atoms with Gasteiger partial charge < -0.3 is 19.1 Å². The first-order chi connectivity index (χ1) is 12.5. The van der Waals surface area contributed by atoms with E-state index in [1.165, 1.54) is 6.07 Å². The highest BCUT2D eigenvalue weighted by Gasteiger charge is 2.17. The van der Waals surface area contributed by atoms with E-state index in [2.05, 4.69) is 10.1 Å². The Labute approximate surface area is 169 Å². The van der Waals surface area contributed by atoms with Gasteiger partial charge in [-0.15, -0.1) is 0 Å². The molecule has 0 fully saturated rings. The lowest BCUT2D eigenvalue weighted by Gasteiger charge is -2.11. The van der Waals surface area contributed by atoms with Crippen molar-refractivity contribution in [1.82, 2.24) is 10.1 Å². The molecule has 0 radical (unpaired) electrons. The lowest BCUT2D eigenvalue weighted by atomic mass is 10.2. The van der Waals surface area contributed by atoms with Gasteiger partial charge in [-0.05, 0) is 60.7 Å². The summed E-state index contributed by atoms with van der Waals surface area (Å²) in [4.78, 5) is 4.42. The second-order valence-electron chi connectivity index (χ2n) is 5.23. The summed E-state index contributed by atoms with van der Waals surface area (Å²) >= 11 is 8.20. The molecular weight excluding hydrogens is 471 g/mol. The first-order valence-electron chi connectivity index (χ1n) is 7.95. The fourth-order valence-corrected chi connectivity index (χ4v) is 3.05. The van der Waals surface area contributed by atoms with Crippen LogP contribution in [0.1, 0.15) is 13.8 Å². The van der Waals surface area contributed by atoms with Crippen molar-refractivity contribution in [2.45, 2.75) is 13.8 Å². The summed E-state index contributed by atoms with van der Waals surface area (Å²) in [6.07, 6.45) is 0. The van der Waals surface area contributed by atoms with Crippen molar-refractivity contribution in [3.63, 3.8) is 0 Å². The average Bonchev–Trinajstić information content (AvgIpc) is 3.10. The van der Waals surface area contributed by atoms with Gasteiger partial charge in [0.05, 0.1) is 21.8 Å². The van der Waals surface area contributed by atoms with Crippen molar-refractivity contribution in [3.8, 4) is 40.1 Å². The van der Waals surface area contributed by atoms with Crippen LogP contribution in [0.4, 0.5) is 0 Å². The van der Waals surface area contributed by atoms with Crippen LogP contribution < -0.4 is 9.47 Å². The number of hydrogen-bond acceptors (Lipinski definition) is 6. The Kier molecular flexibility index (Phi) is 5.87. The van der Waals surface area contributed by atoms with E-state index in [0.717, 1.165) is 0 Å². The smallest absolute Gasteiger partial charge is 0.258 e. The lowest BCUT2D eigenvalue weighted by molar-refractivity contribution is 0.288. The van der Waals surface area contributed by atoms with E-state index in [9.17, 15) is 5.11 Å². The Hall–Kier alpha value is -2.00. The maximum atomic E-state index is 9.72. The number of aromatic nitrogens is 2. The highest BCUT2D eigenvalue weighted by atomic mass is 127. The monoisotopic (exact) mass is 486 g/mol. The standard InChI is InChI=1S/C18H16ClIN2O4/c1-3-24-15-6-5-10(7-16(15)25-4-2)18-21-17(22-26-18)11-8-13(20)14(23)9-12(11)19/h5-9,23H,3-4H2,1-2H3.